The third kappa shape index (κ3) is 3.31. The van der Waals surface area contributed by atoms with Gasteiger partial charge in [-0.15, -0.1) is 11.3 Å². The number of hydrogen-bond acceptors (Lipinski definition) is 4. The number of nitrogens with two attached hydrogens (primary N) is 1. The normalized spacial score (nSPS) is 11.3. The summed E-state index contributed by atoms with van der Waals surface area (Å²) in [6.45, 7) is 2.31. The minimum atomic E-state index is -0.422. The second-order valence-electron chi connectivity index (χ2n) is 6.84. The van der Waals surface area contributed by atoms with E-state index in [1.807, 2.05) is 30.5 Å². The molecule has 0 bridgehead atoms. The smallest absolute Gasteiger partial charge is 0.262 e. The van der Waals surface area contributed by atoms with Crippen molar-refractivity contribution in [3.05, 3.63) is 64.0 Å². The molecule has 2 heterocycles. The molecule has 5 nitrogen and oxygen atoms in total. The second-order valence-corrected chi connectivity index (χ2v) is 7.70. The van der Waals surface area contributed by atoms with Crippen molar-refractivity contribution in [2.45, 2.75) is 32.7 Å². The fourth-order valence-corrected chi connectivity index (χ4v) is 4.46. The highest BCUT2D eigenvalue weighted by Gasteiger charge is 2.17. The standard InChI is InChI=1S/C22H21N3O2S/c1-2-5-19-24-21-20(22(27)25(19)11-10-18(23)26)17(13-28-21)16-9-8-14-6-3-4-7-15(14)12-16/h3-4,6-9,12-13H,2,5,10-11H2,1H3,(H2,23,26). The lowest BCUT2D eigenvalue weighted by atomic mass is 10.0. The molecule has 0 saturated carbocycles. The first-order valence-corrected chi connectivity index (χ1v) is 10.2. The second kappa shape index (κ2) is 7.56. The van der Waals surface area contributed by atoms with Gasteiger partial charge in [0.2, 0.25) is 5.91 Å². The maximum Gasteiger partial charge on any atom is 0.262 e. The molecule has 2 aromatic heterocycles. The number of benzene rings is 2. The molecule has 2 aromatic carbocycles. The molecule has 0 atom stereocenters. The van der Waals surface area contributed by atoms with Crippen LogP contribution in [0.25, 0.3) is 32.1 Å². The number of primary amides is 1. The molecule has 142 valence electrons. The van der Waals surface area contributed by atoms with Crippen LogP contribution in [-0.4, -0.2) is 15.5 Å². The zero-order valence-corrected chi connectivity index (χ0v) is 16.5. The van der Waals surface area contributed by atoms with Crippen molar-refractivity contribution >= 4 is 38.2 Å². The number of thiophene rings is 1. The van der Waals surface area contributed by atoms with Gasteiger partial charge in [0.1, 0.15) is 10.7 Å². The molecular formula is C22H21N3O2S. The Morgan fingerprint density at radius 3 is 2.71 bits per heavy atom. The van der Waals surface area contributed by atoms with Crippen LogP contribution in [0.3, 0.4) is 0 Å². The van der Waals surface area contributed by atoms with E-state index in [1.54, 1.807) is 4.57 Å². The van der Waals surface area contributed by atoms with E-state index < -0.39 is 5.91 Å². The lowest BCUT2D eigenvalue weighted by Crippen LogP contribution is -2.27. The monoisotopic (exact) mass is 391 g/mol. The highest BCUT2D eigenvalue weighted by atomic mass is 32.1. The number of aryl methyl sites for hydroxylation is 1. The number of nitrogens with zero attached hydrogens (tertiary/aromatic N) is 2. The summed E-state index contributed by atoms with van der Waals surface area (Å²) in [6.07, 6.45) is 1.68. The van der Waals surface area contributed by atoms with Gasteiger partial charge in [-0.05, 0) is 28.8 Å². The highest BCUT2D eigenvalue weighted by Crippen LogP contribution is 2.33. The fourth-order valence-electron chi connectivity index (χ4n) is 3.50. The summed E-state index contributed by atoms with van der Waals surface area (Å²) in [5.74, 6) is 0.294. The molecule has 0 saturated heterocycles. The molecule has 0 radical (unpaired) electrons. The summed E-state index contributed by atoms with van der Waals surface area (Å²) >= 11 is 1.49. The fraction of sp³-hybridized carbons (Fsp3) is 0.227. The van der Waals surface area contributed by atoms with Crippen LogP contribution in [0.15, 0.2) is 52.6 Å². The summed E-state index contributed by atoms with van der Waals surface area (Å²) in [5.41, 5.74) is 7.09. The molecule has 28 heavy (non-hydrogen) atoms. The Balaban J connectivity index is 1.91. The van der Waals surface area contributed by atoms with Gasteiger partial charge in [0.05, 0.1) is 5.39 Å². The van der Waals surface area contributed by atoms with E-state index in [-0.39, 0.29) is 18.5 Å². The lowest BCUT2D eigenvalue weighted by Gasteiger charge is -2.11. The average molecular weight is 391 g/mol. The van der Waals surface area contributed by atoms with Crippen LogP contribution in [0.1, 0.15) is 25.6 Å². The molecular weight excluding hydrogens is 370 g/mol. The van der Waals surface area contributed by atoms with Crippen molar-refractivity contribution in [3.8, 4) is 11.1 Å². The largest absolute Gasteiger partial charge is 0.370 e. The number of carbonyl (C=O) groups is 1. The number of fused-ring (bicyclic) bond motifs is 2. The third-order valence-electron chi connectivity index (χ3n) is 4.89. The minimum Gasteiger partial charge on any atom is -0.370 e. The molecule has 0 aliphatic heterocycles. The van der Waals surface area contributed by atoms with Gasteiger partial charge >= 0.3 is 0 Å². The number of aromatic nitrogens is 2. The molecule has 0 fully saturated rings. The first-order valence-electron chi connectivity index (χ1n) is 9.37. The van der Waals surface area contributed by atoms with Crippen LogP contribution in [-0.2, 0) is 17.8 Å². The Morgan fingerprint density at radius 2 is 1.96 bits per heavy atom. The molecule has 0 aliphatic rings. The van der Waals surface area contributed by atoms with Crippen LogP contribution in [0.5, 0.6) is 0 Å². The lowest BCUT2D eigenvalue weighted by molar-refractivity contribution is -0.118. The average Bonchev–Trinajstić information content (AvgIpc) is 3.11. The van der Waals surface area contributed by atoms with E-state index in [0.29, 0.717) is 17.6 Å². The van der Waals surface area contributed by atoms with Gasteiger partial charge in [0.15, 0.2) is 0 Å². The van der Waals surface area contributed by atoms with Crippen molar-refractivity contribution in [2.24, 2.45) is 5.73 Å². The molecule has 4 rings (SSSR count). The van der Waals surface area contributed by atoms with Gasteiger partial charge in [-0.1, -0.05) is 43.3 Å². The van der Waals surface area contributed by atoms with Crippen LogP contribution < -0.4 is 11.3 Å². The first-order chi connectivity index (χ1) is 13.6. The maximum absolute atomic E-state index is 13.3. The molecule has 0 unspecified atom stereocenters. The summed E-state index contributed by atoms with van der Waals surface area (Å²) in [4.78, 5) is 30.1. The van der Waals surface area contributed by atoms with Gasteiger partial charge in [0, 0.05) is 30.3 Å². The van der Waals surface area contributed by atoms with E-state index in [0.717, 1.165) is 33.2 Å². The molecule has 4 aromatic rings. The summed E-state index contributed by atoms with van der Waals surface area (Å²) in [6, 6.07) is 14.4. The maximum atomic E-state index is 13.3. The van der Waals surface area contributed by atoms with Crippen molar-refractivity contribution < 1.29 is 4.79 Å². The van der Waals surface area contributed by atoms with Gasteiger partial charge in [-0.25, -0.2) is 4.98 Å². The SMILES string of the molecule is CCCc1nc2scc(-c3ccc4ccccc4c3)c2c(=O)n1CCC(N)=O. The Labute approximate surface area is 166 Å². The molecule has 2 N–H and O–H groups in total. The van der Waals surface area contributed by atoms with Crippen molar-refractivity contribution in [1.82, 2.24) is 9.55 Å². The van der Waals surface area contributed by atoms with Gasteiger partial charge in [-0.3, -0.25) is 14.2 Å². The third-order valence-corrected chi connectivity index (χ3v) is 5.76. The number of amides is 1. The van der Waals surface area contributed by atoms with Crippen LogP contribution >= 0.6 is 11.3 Å². The number of rotatable bonds is 6. The van der Waals surface area contributed by atoms with E-state index in [9.17, 15) is 9.59 Å². The first kappa shape index (κ1) is 18.4. The van der Waals surface area contributed by atoms with Gasteiger partial charge in [-0.2, -0.15) is 0 Å². The Kier molecular flexibility index (Phi) is 4.96. The van der Waals surface area contributed by atoms with Crippen LogP contribution in [0.4, 0.5) is 0 Å². The number of carbonyl (C=O) groups excluding carboxylic acids is 1. The Hall–Kier alpha value is -2.99. The Morgan fingerprint density at radius 1 is 1.18 bits per heavy atom. The molecule has 0 aliphatic carbocycles. The topological polar surface area (TPSA) is 78.0 Å². The van der Waals surface area contributed by atoms with E-state index >= 15 is 0 Å². The van der Waals surface area contributed by atoms with Gasteiger partial charge < -0.3 is 5.73 Å². The number of hydrogen-bond donors (Lipinski definition) is 1. The zero-order valence-electron chi connectivity index (χ0n) is 15.6. The van der Waals surface area contributed by atoms with E-state index in [1.165, 1.54) is 11.3 Å². The summed E-state index contributed by atoms with van der Waals surface area (Å²) < 4.78 is 1.62. The van der Waals surface area contributed by atoms with E-state index in [2.05, 4.69) is 24.3 Å². The highest BCUT2D eigenvalue weighted by molar-refractivity contribution is 7.17. The van der Waals surface area contributed by atoms with Gasteiger partial charge in [0.25, 0.3) is 5.56 Å². The predicted octanol–water partition coefficient (Wildman–Crippen LogP) is 4.11. The van der Waals surface area contributed by atoms with Crippen molar-refractivity contribution in [3.63, 3.8) is 0 Å². The van der Waals surface area contributed by atoms with Crippen LogP contribution in [0.2, 0.25) is 0 Å². The summed E-state index contributed by atoms with van der Waals surface area (Å²) in [5, 5.41) is 4.90. The minimum absolute atomic E-state index is 0.0980. The molecule has 1 amide bonds. The summed E-state index contributed by atoms with van der Waals surface area (Å²) in [7, 11) is 0. The van der Waals surface area contributed by atoms with Crippen LogP contribution in [0, 0.1) is 0 Å². The quantitative estimate of drug-likeness (QED) is 0.537. The Bertz CT molecular complexity index is 1240. The predicted molar refractivity (Wildman–Crippen MR) is 115 cm³/mol. The molecule has 0 spiro atoms. The van der Waals surface area contributed by atoms with Crippen molar-refractivity contribution in [1.29, 1.82) is 0 Å². The van der Waals surface area contributed by atoms with Crippen molar-refractivity contribution in [2.75, 3.05) is 0 Å². The van der Waals surface area contributed by atoms with E-state index in [4.69, 9.17) is 10.7 Å². The molecule has 6 heteroatoms. The zero-order chi connectivity index (χ0) is 19.7.